The smallest absolute Gasteiger partial charge is 0.326 e. The van der Waals surface area contributed by atoms with Gasteiger partial charge in [0.1, 0.15) is 6.04 Å². The highest BCUT2D eigenvalue weighted by atomic mass is 32.2. The van der Waals surface area contributed by atoms with Gasteiger partial charge in [-0.2, -0.15) is 0 Å². The van der Waals surface area contributed by atoms with Crippen molar-refractivity contribution in [1.29, 1.82) is 0 Å². The first-order valence-electron chi connectivity index (χ1n) is 8.11. The minimum atomic E-state index is -4.06. The molecule has 0 aliphatic rings. The number of hydrogen-bond acceptors (Lipinski definition) is 7. The number of nitrogens with one attached hydrogen (secondary N) is 2. The first-order valence-corrected chi connectivity index (χ1v) is 9.60. The van der Waals surface area contributed by atoms with Crippen LogP contribution in [0.15, 0.2) is 29.2 Å². The zero-order valence-electron chi connectivity index (χ0n) is 15.0. The standard InChI is InChI=1S/C16H22N4O7S/c1-9-2-4-10(5-3-9)28(26,27)20-14(22)7-6-11(17)15(23)19-12(16(24)25)8-13(18)21/h2-5,11-12H,6-8,17H2,1H3,(H2,18,21)(H,19,23)(H,20,22)(H,24,25)/t11-,12-/m0/s1. The van der Waals surface area contributed by atoms with Gasteiger partial charge >= 0.3 is 5.97 Å². The highest BCUT2D eigenvalue weighted by Gasteiger charge is 2.25. The second kappa shape index (κ2) is 9.80. The fourth-order valence-corrected chi connectivity index (χ4v) is 3.09. The van der Waals surface area contributed by atoms with Crippen LogP contribution in [0.25, 0.3) is 0 Å². The van der Waals surface area contributed by atoms with Crippen molar-refractivity contribution in [1.82, 2.24) is 10.0 Å². The molecule has 0 unspecified atom stereocenters. The minimum absolute atomic E-state index is 0.0933. The number of carboxylic acids is 1. The summed E-state index contributed by atoms with van der Waals surface area (Å²) in [7, 11) is -4.06. The van der Waals surface area contributed by atoms with Crippen LogP contribution in [0.1, 0.15) is 24.8 Å². The van der Waals surface area contributed by atoms with Crippen LogP contribution < -0.4 is 21.5 Å². The van der Waals surface area contributed by atoms with Crippen LogP contribution in [0.5, 0.6) is 0 Å². The van der Waals surface area contributed by atoms with Crippen molar-refractivity contribution in [2.75, 3.05) is 0 Å². The molecule has 1 aromatic carbocycles. The first kappa shape index (κ1) is 23.0. The van der Waals surface area contributed by atoms with Gasteiger partial charge in [-0.15, -0.1) is 0 Å². The van der Waals surface area contributed by atoms with Crippen molar-refractivity contribution >= 4 is 33.7 Å². The van der Waals surface area contributed by atoms with Gasteiger partial charge in [-0.1, -0.05) is 17.7 Å². The van der Waals surface area contributed by atoms with Gasteiger partial charge in [0, 0.05) is 6.42 Å². The lowest BCUT2D eigenvalue weighted by molar-refractivity contribution is -0.143. The highest BCUT2D eigenvalue weighted by molar-refractivity contribution is 7.90. The third-order valence-electron chi connectivity index (χ3n) is 3.62. The number of carbonyl (C=O) groups is 4. The SMILES string of the molecule is Cc1ccc(S(=O)(=O)NC(=O)CC[C@H](N)C(=O)N[C@@H](CC(N)=O)C(=O)O)cc1. The Labute approximate surface area is 161 Å². The van der Waals surface area contributed by atoms with E-state index < -0.39 is 58.6 Å². The molecule has 3 amide bonds. The van der Waals surface area contributed by atoms with Crippen molar-refractivity contribution in [3.05, 3.63) is 29.8 Å². The summed E-state index contributed by atoms with van der Waals surface area (Å²) in [6.07, 6.45) is -1.26. The molecular formula is C16H22N4O7S. The number of benzene rings is 1. The van der Waals surface area contributed by atoms with Gasteiger partial charge in [-0.05, 0) is 25.5 Å². The van der Waals surface area contributed by atoms with Crippen LogP contribution in [0.3, 0.4) is 0 Å². The van der Waals surface area contributed by atoms with E-state index in [0.29, 0.717) is 0 Å². The Balaban J connectivity index is 2.59. The first-order chi connectivity index (χ1) is 12.9. The second-order valence-corrected chi connectivity index (χ2v) is 7.74. The monoisotopic (exact) mass is 414 g/mol. The van der Waals surface area contributed by atoms with Crippen molar-refractivity contribution in [3.8, 4) is 0 Å². The number of sulfonamides is 1. The molecule has 0 aromatic heterocycles. The summed E-state index contributed by atoms with van der Waals surface area (Å²) in [4.78, 5) is 45.5. The third kappa shape index (κ3) is 7.32. The maximum Gasteiger partial charge on any atom is 0.326 e. The molecule has 0 saturated heterocycles. The molecule has 154 valence electrons. The van der Waals surface area contributed by atoms with E-state index in [1.54, 1.807) is 19.1 Å². The molecule has 7 N–H and O–H groups in total. The molecular weight excluding hydrogens is 392 g/mol. The maximum atomic E-state index is 12.1. The Morgan fingerprint density at radius 2 is 1.71 bits per heavy atom. The van der Waals surface area contributed by atoms with Gasteiger partial charge in [0.05, 0.1) is 17.4 Å². The summed E-state index contributed by atoms with van der Waals surface area (Å²) in [5.41, 5.74) is 11.3. The Morgan fingerprint density at radius 1 is 1.14 bits per heavy atom. The molecule has 0 saturated carbocycles. The fraction of sp³-hybridized carbons (Fsp3) is 0.375. The molecule has 28 heavy (non-hydrogen) atoms. The summed E-state index contributed by atoms with van der Waals surface area (Å²) >= 11 is 0. The molecule has 0 heterocycles. The zero-order valence-corrected chi connectivity index (χ0v) is 15.9. The maximum absolute atomic E-state index is 12.1. The van der Waals surface area contributed by atoms with E-state index in [1.165, 1.54) is 12.1 Å². The number of aliphatic carboxylic acids is 1. The van der Waals surface area contributed by atoms with Gasteiger partial charge in [0.15, 0.2) is 0 Å². The third-order valence-corrected chi connectivity index (χ3v) is 5.01. The molecule has 0 spiro atoms. The number of carbonyl (C=O) groups excluding carboxylic acids is 3. The van der Waals surface area contributed by atoms with Crippen LogP contribution in [-0.2, 0) is 29.2 Å². The van der Waals surface area contributed by atoms with E-state index in [0.717, 1.165) is 5.56 Å². The van der Waals surface area contributed by atoms with E-state index in [2.05, 4.69) is 0 Å². The summed E-state index contributed by atoms with van der Waals surface area (Å²) < 4.78 is 26.1. The van der Waals surface area contributed by atoms with Gasteiger partial charge in [-0.25, -0.2) is 17.9 Å². The Kier molecular flexibility index (Phi) is 8.07. The number of amides is 3. The van der Waals surface area contributed by atoms with Crippen molar-refractivity contribution in [3.63, 3.8) is 0 Å². The molecule has 0 aliphatic carbocycles. The second-order valence-electron chi connectivity index (χ2n) is 6.06. The number of nitrogens with two attached hydrogens (primary N) is 2. The zero-order chi connectivity index (χ0) is 21.5. The quantitative estimate of drug-likeness (QED) is 0.300. The number of rotatable bonds is 10. The molecule has 2 atom stereocenters. The van der Waals surface area contributed by atoms with E-state index in [-0.39, 0.29) is 11.3 Å². The topological polar surface area (TPSA) is 199 Å². The van der Waals surface area contributed by atoms with Gasteiger partial charge in [0.25, 0.3) is 10.0 Å². The number of aryl methyl sites for hydroxylation is 1. The largest absolute Gasteiger partial charge is 0.480 e. The Bertz CT molecular complexity index is 852. The summed E-state index contributed by atoms with van der Waals surface area (Å²) in [5.74, 6) is -4.19. The molecule has 0 aliphatic heterocycles. The summed E-state index contributed by atoms with van der Waals surface area (Å²) in [5, 5.41) is 11.0. The Hall–Kier alpha value is -2.99. The van der Waals surface area contributed by atoms with E-state index in [1.807, 2.05) is 10.0 Å². The van der Waals surface area contributed by atoms with Crippen LogP contribution in [0.2, 0.25) is 0 Å². The normalized spacial score (nSPS) is 13.2. The summed E-state index contributed by atoms with van der Waals surface area (Å²) in [6.45, 7) is 1.78. The number of primary amides is 1. The average Bonchev–Trinajstić information content (AvgIpc) is 2.58. The molecule has 11 nitrogen and oxygen atoms in total. The fourth-order valence-electron chi connectivity index (χ4n) is 2.07. The predicted molar refractivity (Wildman–Crippen MR) is 97.1 cm³/mol. The van der Waals surface area contributed by atoms with Crippen LogP contribution >= 0.6 is 0 Å². The van der Waals surface area contributed by atoms with Crippen LogP contribution in [-0.4, -0.2) is 49.3 Å². The Morgan fingerprint density at radius 3 is 2.21 bits per heavy atom. The molecule has 0 fully saturated rings. The molecule has 1 aromatic rings. The van der Waals surface area contributed by atoms with Crippen molar-refractivity contribution < 1.29 is 32.7 Å². The molecule has 12 heteroatoms. The summed E-state index contributed by atoms with van der Waals surface area (Å²) in [6, 6.07) is 2.99. The lowest BCUT2D eigenvalue weighted by atomic mass is 10.1. The van der Waals surface area contributed by atoms with Crippen LogP contribution in [0.4, 0.5) is 0 Å². The van der Waals surface area contributed by atoms with Crippen molar-refractivity contribution in [2.45, 2.75) is 43.2 Å². The lowest BCUT2D eigenvalue weighted by Gasteiger charge is -2.16. The average molecular weight is 414 g/mol. The molecule has 0 bridgehead atoms. The van der Waals surface area contributed by atoms with E-state index in [4.69, 9.17) is 16.6 Å². The van der Waals surface area contributed by atoms with Crippen LogP contribution in [0, 0.1) is 6.92 Å². The molecule has 0 radical (unpaired) electrons. The van der Waals surface area contributed by atoms with E-state index >= 15 is 0 Å². The van der Waals surface area contributed by atoms with Gasteiger partial charge in [-0.3, -0.25) is 14.4 Å². The van der Waals surface area contributed by atoms with Gasteiger partial charge < -0.3 is 21.9 Å². The lowest BCUT2D eigenvalue weighted by Crippen LogP contribution is -2.50. The minimum Gasteiger partial charge on any atom is -0.480 e. The predicted octanol–water partition coefficient (Wildman–Crippen LogP) is -1.65. The highest BCUT2D eigenvalue weighted by Crippen LogP contribution is 2.10. The number of hydrogen-bond donors (Lipinski definition) is 5. The molecule has 1 rings (SSSR count). The number of carboxylic acid groups (broad SMARTS) is 1. The van der Waals surface area contributed by atoms with Gasteiger partial charge in [0.2, 0.25) is 17.7 Å². The van der Waals surface area contributed by atoms with E-state index in [9.17, 15) is 27.6 Å². The van der Waals surface area contributed by atoms with Crippen molar-refractivity contribution in [2.24, 2.45) is 11.5 Å².